The Balaban J connectivity index is 1.93. The number of amides is 2. The van der Waals surface area contributed by atoms with Crippen molar-refractivity contribution in [3.63, 3.8) is 0 Å². The van der Waals surface area contributed by atoms with Crippen LogP contribution in [-0.4, -0.2) is 29.9 Å². The monoisotopic (exact) mass is 344 g/mol. The summed E-state index contributed by atoms with van der Waals surface area (Å²) < 4.78 is 0. The van der Waals surface area contributed by atoms with Crippen molar-refractivity contribution in [2.24, 2.45) is 0 Å². The molecule has 2 N–H and O–H groups in total. The summed E-state index contributed by atoms with van der Waals surface area (Å²) in [7, 11) is 0. The van der Waals surface area contributed by atoms with Gasteiger partial charge in [0.1, 0.15) is 0 Å². The Morgan fingerprint density at radius 2 is 1.83 bits per heavy atom. The molecule has 2 aromatic rings. The van der Waals surface area contributed by atoms with Crippen LogP contribution < -0.4 is 15.5 Å². The molecule has 1 aliphatic rings. The molecule has 24 heavy (non-hydrogen) atoms. The van der Waals surface area contributed by atoms with Crippen LogP contribution in [0.2, 0.25) is 0 Å². The Kier molecular flexibility index (Phi) is 4.80. The molecule has 1 aromatic heterocycles. The zero-order chi connectivity index (χ0) is 17.1. The van der Waals surface area contributed by atoms with Gasteiger partial charge in [-0.15, -0.1) is 11.3 Å². The van der Waals surface area contributed by atoms with Gasteiger partial charge in [-0.25, -0.2) is 4.98 Å². The van der Waals surface area contributed by atoms with Crippen molar-refractivity contribution in [3.05, 3.63) is 23.6 Å². The quantitative estimate of drug-likeness (QED) is 0.892. The molecule has 3 rings (SSSR count). The van der Waals surface area contributed by atoms with Crippen molar-refractivity contribution in [1.82, 2.24) is 4.98 Å². The summed E-state index contributed by atoms with van der Waals surface area (Å²) in [4.78, 5) is 29.8. The minimum Gasteiger partial charge on any atom is -0.348 e. The molecule has 1 aliphatic heterocycles. The highest BCUT2D eigenvalue weighted by molar-refractivity contribution is 7.14. The number of nitrogens with one attached hydrogen (secondary N) is 2. The number of nitrogens with zero attached hydrogens (tertiary/aromatic N) is 2. The normalized spacial score (nSPS) is 13.8. The maximum atomic E-state index is 11.5. The number of anilines is 3. The first kappa shape index (κ1) is 16.4. The van der Waals surface area contributed by atoms with E-state index in [1.807, 2.05) is 17.5 Å². The summed E-state index contributed by atoms with van der Waals surface area (Å²) in [6, 6.07) is 5.45. The van der Waals surface area contributed by atoms with Gasteiger partial charge < -0.3 is 15.5 Å². The average molecular weight is 344 g/mol. The summed E-state index contributed by atoms with van der Waals surface area (Å²) in [5, 5.41) is 8.58. The van der Waals surface area contributed by atoms with Crippen LogP contribution in [0.5, 0.6) is 0 Å². The molecule has 0 bridgehead atoms. The smallest absolute Gasteiger partial charge is 0.221 e. The first-order valence-electron chi connectivity index (χ1n) is 7.93. The summed E-state index contributed by atoms with van der Waals surface area (Å²) in [5.74, 6) is -0.312. The van der Waals surface area contributed by atoms with Crippen molar-refractivity contribution >= 4 is 39.7 Å². The Bertz CT molecular complexity index is 766. The van der Waals surface area contributed by atoms with Crippen molar-refractivity contribution in [3.8, 4) is 11.3 Å². The fourth-order valence-electron chi connectivity index (χ4n) is 2.78. The van der Waals surface area contributed by atoms with E-state index in [4.69, 9.17) is 4.98 Å². The molecular weight excluding hydrogens is 324 g/mol. The van der Waals surface area contributed by atoms with Gasteiger partial charge in [-0.1, -0.05) is 0 Å². The number of carbonyl (C=O) groups is 2. The molecule has 126 valence electrons. The third-order valence-corrected chi connectivity index (χ3v) is 4.70. The third kappa shape index (κ3) is 3.73. The van der Waals surface area contributed by atoms with Crippen LogP contribution in [0.4, 0.5) is 16.5 Å². The predicted molar refractivity (Wildman–Crippen MR) is 97.6 cm³/mol. The molecule has 2 heterocycles. The molecule has 6 nitrogen and oxygen atoms in total. The fraction of sp³-hybridized carbons (Fsp3) is 0.353. The lowest BCUT2D eigenvalue weighted by Gasteiger charge is -2.13. The highest BCUT2D eigenvalue weighted by Gasteiger charge is 2.17. The number of carbonyl (C=O) groups excluding carboxylic acids is 2. The molecule has 0 radical (unpaired) electrons. The molecule has 0 unspecified atom stereocenters. The van der Waals surface area contributed by atoms with Gasteiger partial charge in [-0.05, 0) is 31.0 Å². The number of aromatic nitrogens is 1. The van der Waals surface area contributed by atoms with Crippen LogP contribution in [0.25, 0.3) is 11.3 Å². The molecular formula is C17H20N4O2S. The number of rotatable bonds is 4. The van der Waals surface area contributed by atoms with Crippen LogP contribution in [0.15, 0.2) is 23.6 Å². The van der Waals surface area contributed by atoms with E-state index in [0.29, 0.717) is 11.4 Å². The molecule has 2 amide bonds. The third-order valence-electron chi connectivity index (χ3n) is 3.80. The van der Waals surface area contributed by atoms with E-state index in [-0.39, 0.29) is 11.8 Å². The molecule has 7 heteroatoms. The molecule has 1 fully saturated rings. The van der Waals surface area contributed by atoms with Gasteiger partial charge in [0.15, 0.2) is 5.13 Å². The number of hydrogen-bond acceptors (Lipinski definition) is 5. The maximum Gasteiger partial charge on any atom is 0.221 e. The van der Waals surface area contributed by atoms with E-state index >= 15 is 0 Å². The van der Waals surface area contributed by atoms with E-state index in [2.05, 4.69) is 15.5 Å². The lowest BCUT2D eigenvalue weighted by Crippen LogP contribution is -2.17. The van der Waals surface area contributed by atoms with E-state index in [0.717, 1.165) is 29.5 Å². The van der Waals surface area contributed by atoms with Crippen LogP contribution in [0.3, 0.4) is 0 Å². The maximum absolute atomic E-state index is 11.5. The van der Waals surface area contributed by atoms with Crippen molar-refractivity contribution in [2.45, 2.75) is 26.7 Å². The van der Waals surface area contributed by atoms with E-state index in [1.165, 1.54) is 26.7 Å². The number of thiazole rings is 1. The summed E-state index contributed by atoms with van der Waals surface area (Å²) >= 11 is 1.62. The fourth-order valence-corrected chi connectivity index (χ4v) is 3.66. The van der Waals surface area contributed by atoms with Gasteiger partial charge in [-0.2, -0.15) is 0 Å². The Morgan fingerprint density at radius 3 is 2.50 bits per heavy atom. The SMILES string of the molecule is CC(=O)Nc1ccc(-c2csc(N3CCCC3)n2)c(NC(C)=O)c1. The molecule has 0 saturated carbocycles. The first-order valence-corrected chi connectivity index (χ1v) is 8.81. The predicted octanol–water partition coefficient (Wildman–Crippen LogP) is 3.33. The molecule has 0 spiro atoms. The molecule has 0 aliphatic carbocycles. The molecule has 1 aromatic carbocycles. The second-order valence-electron chi connectivity index (χ2n) is 5.83. The summed E-state index contributed by atoms with van der Waals surface area (Å²) in [6.07, 6.45) is 2.41. The Hall–Kier alpha value is -2.41. The molecule has 0 atom stereocenters. The van der Waals surface area contributed by atoms with E-state index < -0.39 is 0 Å². The van der Waals surface area contributed by atoms with Crippen molar-refractivity contribution in [2.75, 3.05) is 28.6 Å². The second kappa shape index (κ2) is 7.00. The van der Waals surface area contributed by atoms with Crippen LogP contribution >= 0.6 is 11.3 Å². The first-order chi connectivity index (χ1) is 11.5. The van der Waals surface area contributed by atoms with Crippen LogP contribution in [0, 0.1) is 0 Å². The van der Waals surface area contributed by atoms with Gasteiger partial charge in [0.25, 0.3) is 0 Å². The lowest BCUT2D eigenvalue weighted by molar-refractivity contribution is -0.115. The Morgan fingerprint density at radius 1 is 1.12 bits per heavy atom. The van der Waals surface area contributed by atoms with Gasteiger partial charge in [0, 0.05) is 43.6 Å². The molecule has 1 saturated heterocycles. The zero-order valence-corrected chi connectivity index (χ0v) is 14.6. The Labute approximate surface area is 144 Å². The van der Waals surface area contributed by atoms with Gasteiger partial charge in [0.2, 0.25) is 11.8 Å². The van der Waals surface area contributed by atoms with Crippen molar-refractivity contribution in [1.29, 1.82) is 0 Å². The highest BCUT2D eigenvalue weighted by Crippen LogP contribution is 2.34. The number of benzene rings is 1. The second-order valence-corrected chi connectivity index (χ2v) is 6.67. The van der Waals surface area contributed by atoms with E-state index in [9.17, 15) is 9.59 Å². The minimum absolute atomic E-state index is 0.151. The zero-order valence-electron chi connectivity index (χ0n) is 13.8. The van der Waals surface area contributed by atoms with Crippen LogP contribution in [-0.2, 0) is 9.59 Å². The van der Waals surface area contributed by atoms with Gasteiger partial charge >= 0.3 is 0 Å². The largest absolute Gasteiger partial charge is 0.348 e. The average Bonchev–Trinajstić information content (AvgIpc) is 3.17. The topological polar surface area (TPSA) is 74.3 Å². The van der Waals surface area contributed by atoms with Gasteiger partial charge in [0.05, 0.1) is 11.4 Å². The van der Waals surface area contributed by atoms with E-state index in [1.54, 1.807) is 17.4 Å². The standard InChI is InChI=1S/C17H20N4O2S/c1-11(22)18-13-5-6-14(15(9-13)19-12(2)23)16-10-24-17(20-16)21-7-3-4-8-21/h5-6,9-10H,3-4,7-8H2,1-2H3,(H,18,22)(H,19,23). The van der Waals surface area contributed by atoms with Gasteiger partial charge in [-0.3, -0.25) is 9.59 Å². The lowest BCUT2D eigenvalue weighted by atomic mass is 10.1. The minimum atomic E-state index is -0.161. The summed E-state index contributed by atoms with van der Waals surface area (Å²) in [6.45, 7) is 5.01. The summed E-state index contributed by atoms with van der Waals surface area (Å²) in [5.41, 5.74) is 2.97. The number of hydrogen-bond donors (Lipinski definition) is 2. The highest BCUT2D eigenvalue weighted by atomic mass is 32.1. The van der Waals surface area contributed by atoms with Crippen LogP contribution in [0.1, 0.15) is 26.7 Å². The van der Waals surface area contributed by atoms with Crippen molar-refractivity contribution < 1.29 is 9.59 Å².